The zero-order chi connectivity index (χ0) is 11.8. The number of nitrogens with one attached hydrogen (secondary N) is 1. The van der Waals surface area contributed by atoms with Crippen molar-refractivity contribution in [1.29, 1.82) is 0 Å². The van der Waals surface area contributed by atoms with Gasteiger partial charge in [-0.25, -0.2) is 0 Å². The van der Waals surface area contributed by atoms with Crippen LogP contribution in [-0.4, -0.2) is 21.7 Å². The minimum Gasteiger partial charge on any atom is -0.353 e. The van der Waals surface area contributed by atoms with Gasteiger partial charge < -0.3 is 5.32 Å². The molecule has 3 rings (SSSR count). The Balaban J connectivity index is 1.83. The molecule has 0 unspecified atom stereocenters. The van der Waals surface area contributed by atoms with Gasteiger partial charge in [0.25, 0.3) is 0 Å². The zero-order valence-corrected chi connectivity index (χ0v) is 10.1. The standard InChI is InChI=1S/C13H16N4/c1-16-7-10-3-4-12(5-11(10)8-16)15-13-6-14-17(2)9-13/h3-6,9,15H,7-8H2,1-2H3. The second-order valence-corrected chi connectivity index (χ2v) is 4.68. The Labute approximate surface area is 101 Å². The highest BCUT2D eigenvalue weighted by molar-refractivity contribution is 5.60. The van der Waals surface area contributed by atoms with Crippen LogP contribution in [0.4, 0.5) is 11.4 Å². The van der Waals surface area contributed by atoms with Crippen molar-refractivity contribution in [1.82, 2.24) is 14.7 Å². The maximum absolute atomic E-state index is 4.14. The van der Waals surface area contributed by atoms with Crippen LogP contribution in [0.25, 0.3) is 0 Å². The van der Waals surface area contributed by atoms with Crippen LogP contribution in [0.1, 0.15) is 11.1 Å². The Kier molecular flexibility index (Phi) is 2.37. The fraction of sp³-hybridized carbons (Fsp3) is 0.308. The molecule has 0 atom stereocenters. The van der Waals surface area contributed by atoms with Gasteiger partial charge in [-0.1, -0.05) is 6.07 Å². The highest BCUT2D eigenvalue weighted by Crippen LogP contribution is 2.26. The topological polar surface area (TPSA) is 33.1 Å². The third-order valence-electron chi connectivity index (χ3n) is 3.08. The Hall–Kier alpha value is -1.81. The van der Waals surface area contributed by atoms with Crippen molar-refractivity contribution >= 4 is 11.4 Å². The number of aryl methyl sites for hydroxylation is 1. The van der Waals surface area contributed by atoms with Crippen molar-refractivity contribution < 1.29 is 0 Å². The fourth-order valence-corrected chi connectivity index (χ4v) is 2.30. The number of hydrogen-bond acceptors (Lipinski definition) is 3. The van der Waals surface area contributed by atoms with Crippen LogP contribution in [0.15, 0.2) is 30.6 Å². The molecule has 17 heavy (non-hydrogen) atoms. The Morgan fingerprint density at radius 3 is 2.71 bits per heavy atom. The molecule has 0 aliphatic carbocycles. The van der Waals surface area contributed by atoms with Crippen molar-refractivity contribution in [2.24, 2.45) is 7.05 Å². The van der Waals surface area contributed by atoms with Gasteiger partial charge >= 0.3 is 0 Å². The minimum atomic E-state index is 1.03. The fourth-order valence-electron chi connectivity index (χ4n) is 2.30. The summed E-state index contributed by atoms with van der Waals surface area (Å²) in [5.41, 5.74) is 5.01. The van der Waals surface area contributed by atoms with Crippen LogP contribution < -0.4 is 5.32 Å². The molecule has 4 nitrogen and oxygen atoms in total. The predicted molar refractivity (Wildman–Crippen MR) is 68.1 cm³/mol. The second kappa shape index (κ2) is 3.89. The van der Waals surface area contributed by atoms with E-state index in [-0.39, 0.29) is 0 Å². The maximum Gasteiger partial charge on any atom is 0.0770 e. The maximum atomic E-state index is 4.14. The van der Waals surface area contributed by atoms with E-state index >= 15 is 0 Å². The smallest absolute Gasteiger partial charge is 0.0770 e. The molecule has 0 saturated heterocycles. The lowest BCUT2D eigenvalue weighted by Crippen LogP contribution is -2.07. The lowest BCUT2D eigenvalue weighted by atomic mass is 10.1. The summed E-state index contributed by atoms with van der Waals surface area (Å²) in [6, 6.07) is 6.56. The van der Waals surface area contributed by atoms with E-state index in [1.807, 2.05) is 19.4 Å². The van der Waals surface area contributed by atoms with Crippen molar-refractivity contribution in [3.05, 3.63) is 41.7 Å². The molecule has 4 heteroatoms. The highest BCUT2D eigenvalue weighted by atomic mass is 15.3. The van der Waals surface area contributed by atoms with Crippen LogP contribution in [0.5, 0.6) is 0 Å². The molecular weight excluding hydrogens is 212 g/mol. The largest absolute Gasteiger partial charge is 0.353 e. The van der Waals surface area contributed by atoms with Gasteiger partial charge in [0.2, 0.25) is 0 Å². The first-order chi connectivity index (χ1) is 8.20. The zero-order valence-electron chi connectivity index (χ0n) is 10.1. The van der Waals surface area contributed by atoms with E-state index < -0.39 is 0 Å². The number of hydrogen-bond donors (Lipinski definition) is 1. The summed E-state index contributed by atoms with van der Waals surface area (Å²) in [6.45, 7) is 2.10. The normalized spacial score (nSPS) is 14.9. The highest BCUT2D eigenvalue weighted by Gasteiger charge is 2.15. The Morgan fingerprint density at radius 1 is 1.12 bits per heavy atom. The van der Waals surface area contributed by atoms with Gasteiger partial charge in [-0.3, -0.25) is 9.58 Å². The van der Waals surface area contributed by atoms with Crippen molar-refractivity contribution in [2.45, 2.75) is 13.1 Å². The molecule has 88 valence electrons. The lowest BCUT2D eigenvalue weighted by molar-refractivity contribution is 0.353. The van der Waals surface area contributed by atoms with E-state index in [0.29, 0.717) is 0 Å². The Bertz CT molecular complexity index is 544. The lowest BCUT2D eigenvalue weighted by Gasteiger charge is -2.05. The number of fused-ring (bicyclic) bond motifs is 1. The summed E-state index contributed by atoms with van der Waals surface area (Å²) in [4.78, 5) is 2.32. The quantitative estimate of drug-likeness (QED) is 0.854. The first-order valence-corrected chi connectivity index (χ1v) is 5.77. The molecule has 1 aromatic carbocycles. The molecule has 1 N–H and O–H groups in total. The molecule has 1 aliphatic rings. The molecule has 0 spiro atoms. The summed E-state index contributed by atoms with van der Waals surface area (Å²) in [5.74, 6) is 0. The van der Waals surface area contributed by atoms with Crippen LogP contribution in [0, 0.1) is 0 Å². The van der Waals surface area contributed by atoms with Gasteiger partial charge in [0.1, 0.15) is 0 Å². The van der Waals surface area contributed by atoms with Gasteiger partial charge in [0, 0.05) is 32.0 Å². The number of nitrogens with zero attached hydrogens (tertiary/aromatic N) is 3. The molecule has 0 amide bonds. The monoisotopic (exact) mass is 228 g/mol. The van der Waals surface area contributed by atoms with Crippen molar-refractivity contribution in [3.63, 3.8) is 0 Å². The summed E-state index contributed by atoms with van der Waals surface area (Å²) in [5, 5.41) is 7.51. The summed E-state index contributed by atoms with van der Waals surface area (Å²) >= 11 is 0. The number of anilines is 2. The van der Waals surface area contributed by atoms with Crippen LogP contribution in [0.3, 0.4) is 0 Å². The first-order valence-electron chi connectivity index (χ1n) is 5.77. The average molecular weight is 228 g/mol. The van der Waals surface area contributed by atoms with E-state index in [0.717, 1.165) is 24.5 Å². The van der Waals surface area contributed by atoms with Crippen LogP contribution in [-0.2, 0) is 20.1 Å². The minimum absolute atomic E-state index is 1.03. The molecule has 1 aliphatic heterocycles. The summed E-state index contributed by atoms with van der Waals surface area (Å²) in [6.07, 6.45) is 3.80. The molecule has 2 aromatic rings. The van der Waals surface area contributed by atoms with Crippen LogP contribution in [0.2, 0.25) is 0 Å². The van der Waals surface area contributed by atoms with Gasteiger partial charge in [0.15, 0.2) is 0 Å². The number of aromatic nitrogens is 2. The van der Waals surface area contributed by atoms with Gasteiger partial charge in [-0.15, -0.1) is 0 Å². The third-order valence-corrected chi connectivity index (χ3v) is 3.08. The van der Waals surface area contributed by atoms with E-state index in [9.17, 15) is 0 Å². The number of rotatable bonds is 2. The van der Waals surface area contributed by atoms with Crippen molar-refractivity contribution in [3.8, 4) is 0 Å². The molecular formula is C13H16N4. The third kappa shape index (κ3) is 2.03. The van der Waals surface area contributed by atoms with E-state index in [2.05, 4.69) is 40.6 Å². The van der Waals surface area contributed by atoms with Gasteiger partial charge in [0.05, 0.1) is 11.9 Å². The van der Waals surface area contributed by atoms with E-state index in [1.54, 1.807) is 4.68 Å². The van der Waals surface area contributed by atoms with Crippen molar-refractivity contribution in [2.75, 3.05) is 12.4 Å². The number of benzene rings is 1. The average Bonchev–Trinajstić information content (AvgIpc) is 2.83. The molecule has 0 saturated carbocycles. The van der Waals surface area contributed by atoms with Gasteiger partial charge in [-0.2, -0.15) is 5.10 Å². The van der Waals surface area contributed by atoms with Crippen LogP contribution >= 0.6 is 0 Å². The summed E-state index contributed by atoms with van der Waals surface area (Å²) < 4.78 is 1.80. The second-order valence-electron chi connectivity index (χ2n) is 4.68. The molecule has 1 aromatic heterocycles. The molecule has 2 heterocycles. The Morgan fingerprint density at radius 2 is 1.94 bits per heavy atom. The molecule has 0 bridgehead atoms. The summed E-state index contributed by atoms with van der Waals surface area (Å²) in [7, 11) is 4.07. The molecule has 0 fully saturated rings. The van der Waals surface area contributed by atoms with Gasteiger partial charge in [-0.05, 0) is 30.3 Å². The SMILES string of the molecule is CN1Cc2ccc(Nc3cnn(C)c3)cc2C1. The van der Waals surface area contributed by atoms with E-state index in [4.69, 9.17) is 0 Å². The van der Waals surface area contributed by atoms with E-state index in [1.165, 1.54) is 11.1 Å². The predicted octanol–water partition coefficient (Wildman–Crippen LogP) is 2.11. The molecule has 0 radical (unpaired) electrons. The first kappa shape index (κ1) is 10.4.